The lowest BCUT2D eigenvalue weighted by molar-refractivity contribution is -0.00100. The van der Waals surface area contributed by atoms with E-state index in [2.05, 4.69) is 243 Å². The molecule has 65 heavy (non-hydrogen) atoms. The van der Waals surface area contributed by atoms with Crippen LogP contribution in [0.4, 0.5) is 0 Å². The molecule has 0 aliphatic rings. The third-order valence-electron chi connectivity index (χ3n) is 9.40. The SMILES string of the molecule is [Cl-].[Cl-].[Cl-].[Cl-].[Cl-].c1ccc(-c2ccccc2)cc1.c1ccc(-c2ccccc2)cc1.c1ccc(-c2ccccc2)cc1.c1ccc(-c2ccccc2)cc1.c1ccc(-c2ccccc2)cc1. The molecular weight excluding hydrogens is 898 g/mol. The molecule has 0 nitrogen and oxygen atoms in total. The molecule has 0 aliphatic heterocycles. The molecule has 10 aromatic rings. The van der Waals surface area contributed by atoms with Gasteiger partial charge in [0.25, 0.3) is 0 Å². The Kier molecular flexibility index (Phi) is 29.7. The van der Waals surface area contributed by atoms with Crippen molar-refractivity contribution in [2.75, 3.05) is 0 Å². The van der Waals surface area contributed by atoms with Crippen LogP contribution in [0.2, 0.25) is 0 Å². The lowest BCUT2D eigenvalue weighted by Crippen LogP contribution is -3.00. The van der Waals surface area contributed by atoms with Crippen LogP contribution in [0, 0.1) is 0 Å². The summed E-state index contributed by atoms with van der Waals surface area (Å²) in [6.07, 6.45) is 0. The van der Waals surface area contributed by atoms with E-state index < -0.39 is 0 Å². The third-order valence-corrected chi connectivity index (χ3v) is 9.40. The minimum atomic E-state index is 0. The first kappa shape index (κ1) is 56.7. The van der Waals surface area contributed by atoms with Crippen molar-refractivity contribution in [3.05, 3.63) is 303 Å². The van der Waals surface area contributed by atoms with Gasteiger partial charge in [-0.2, -0.15) is 0 Å². The van der Waals surface area contributed by atoms with Crippen LogP contribution in [-0.4, -0.2) is 0 Å². The summed E-state index contributed by atoms with van der Waals surface area (Å²) in [5.74, 6) is 0. The molecule has 0 bridgehead atoms. The third kappa shape index (κ3) is 20.4. The Morgan fingerprint density at radius 2 is 0.154 bits per heavy atom. The smallest absolute Gasteiger partial charge is 0.0184 e. The van der Waals surface area contributed by atoms with Gasteiger partial charge in [-0.25, -0.2) is 0 Å². The molecule has 5 heteroatoms. The van der Waals surface area contributed by atoms with E-state index >= 15 is 0 Å². The normalized spacial score (nSPS) is 8.92. The maximum Gasteiger partial charge on any atom is -0.0184 e. The van der Waals surface area contributed by atoms with Gasteiger partial charge in [-0.15, -0.1) is 0 Å². The molecular formula is C60H50Cl5-5. The average Bonchev–Trinajstić information content (AvgIpc) is 3.37. The van der Waals surface area contributed by atoms with Gasteiger partial charge in [0.1, 0.15) is 0 Å². The van der Waals surface area contributed by atoms with Gasteiger partial charge in [-0.1, -0.05) is 303 Å². The minimum Gasteiger partial charge on any atom is -1.00 e. The largest absolute Gasteiger partial charge is 1.00 e. The van der Waals surface area contributed by atoms with Crippen LogP contribution in [0.25, 0.3) is 55.6 Å². The van der Waals surface area contributed by atoms with Crippen molar-refractivity contribution >= 4 is 0 Å². The summed E-state index contributed by atoms with van der Waals surface area (Å²) in [4.78, 5) is 0. The molecule has 0 heterocycles. The molecule has 0 unspecified atom stereocenters. The molecule has 0 radical (unpaired) electrons. The zero-order chi connectivity index (χ0) is 41.1. The van der Waals surface area contributed by atoms with Crippen LogP contribution in [0.3, 0.4) is 0 Å². The topological polar surface area (TPSA) is 0 Å². The number of hydrogen-bond acceptors (Lipinski definition) is 0. The Balaban J connectivity index is 0.000000399. The summed E-state index contributed by atoms with van der Waals surface area (Å²) in [5.41, 5.74) is 12.8. The van der Waals surface area contributed by atoms with E-state index in [0.29, 0.717) is 0 Å². The van der Waals surface area contributed by atoms with Gasteiger partial charge in [-0.3, -0.25) is 0 Å². The fraction of sp³-hybridized carbons (Fsp3) is 0. The molecule has 0 fully saturated rings. The van der Waals surface area contributed by atoms with Crippen molar-refractivity contribution in [3.8, 4) is 55.6 Å². The van der Waals surface area contributed by atoms with Gasteiger partial charge in [0.2, 0.25) is 0 Å². The molecule has 330 valence electrons. The van der Waals surface area contributed by atoms with E-state index in [9.17, 15) is 0 Å². The first-order valence-corrected chi connectivity index (χ1v) is 20.4. The second-order valence-corrected chi connectivity index (χ2v) is 13.7. The first-order chi connectivity index (χ1) is 29.8. The van der Waals surface area contributed by atoms with Crippen molar-refractivity contribution in [2.45, 2.75) is 0 Å². The first-order valence-electron chi connectivity index (χ1n) is 20.4. The van der Waals surface area contributed by atoms with Gasteiger partial charge in [0.15, 0.2) is 0 Å². The highest BCUT2D eigenvalue weighted by Crippen LogP contribution is 2.21. The molecule has 10 rings (SSSR count). The molecule has 0 N–H and O–H groups in total. The van der Waals surface area contributed by atoms with Gasteiger partial charge in [0, 0.05) is 0 Å². The maximum absolute atomic E-state index is 2.12. The van der Waals surface area contributed by atoms with Crippen LogP contribution >= 0.6 is 0 Å². The Bertz CT molecular complexity index is 1950. The summed E-state index contributed by atoms with van der Waals surface area (Å²) in [7, 11) is 0. The summed E-state index contributed by atoms with van der Waals surface area (Å²) < 4.78 is 0. The van der Waals surface area contributed by atoms with Gasteiger partial charge >= 0.3 is 0 Å². The fourth-order valence-corrected chi connectivity index (χ4v) is 6.31. The van der Waals surface area contributed by atoms with E-state index in [1.54, 1.807) is 0 Å². The quantitative estimate of drug-likeness (QED) is 0.248. The Morgan fingerprint density at radius 3 is 0.215 bits per heavy atom. The molecule has 0 saturated carbocycles. The van der Waals surface area contributed by atoms with E-state index in [-0.39, 0.29) is 62.0 Å². The van der Waals surface area contributed by atoms with E-state index in [4.69, 9.17) is 0 Å². The summed E-state index contributed by atoms with van der Waals surface area (Å²) in [6, 6.07) is 104. The molecule has 10 aromatic carbocycles. The van der Waals surface area contributed by atoms with Crippen LogP contribution < -0.4 is 62.0 Å². The zero-order valence-corrected chi connectivity index (χ0v) is 39.5. The Morgan fingerprint density at radius 1 is 0.0923 bits per heavy atom. The Hall–Kier alpha value is -6.35. The maximum atomic E-state index is 2.12. The van der Waals surface area contributed by atoms with E-state index in [1.807, 2.05) is 60.7 Å². The predicted octanol–water partition coefficient (Wildman–Crippen LogP) is 1.79. The highest BCUT2D eigenvalue weighted by atomic mass is 35.5. The second-order valence-electron chi connectivity index (χ2n) is 13.7. The number of benzene rings is 10. The predicted molar refractivity (Wildman–Crippen MR) is 259 cm³/mol. The van der Waals surface area contributed by atoms with Gasteiger partial charge in [0.05, 0.1) is 0 Å². The van der Waals surface area contributed by atoms with Crippen LogP contribution in [0.1, 0.15) is 0 Å². The molecule has 0 atom stereocenters. The number of hydrogen-bond donors (Lipinski definition) is 0. The number of halogens is 5. The highest BCUT2D eigenvalue weighted by Gasteiger charge is 1.95. The fourth-order valence-electron chi connectivity index (χ4n) is 6.31. The average molecular weight is 948 g/mol. The molecule has 0 aromatic heterocycles. The Labute approximate surface area is 418 Å². The van der Waals surface area contributed by atoms with Crippen molar-refractivity contribution < 1.29 is 62.0 Å². The standard InChI is InChI=1S/5C12H10.5ClH/c5*1-3-7-11(8-4-1)12-9-5-2-6-10-12;;;;;/h5*1-10H;5*1H/p-5. The molecule has 0 saturated heterocycles. The zero-order valence-electron chi connectivity index (χ0n) is 35.8. The van der Waals surface area contributed by atoms with Crippen molar-refractivity contribution in [1.82, 2.24) is 0 Å². The number of rotatable bonds is 5. The van der Waals surface area contributed by atoms with Crippen LogP contribution in [0.5, 0.6) is 0 Å². The van der Waals surface area contributed by atoms with Crippen LogP contribution in [0.15, 0.2) is 303 Å². The van der Waals surface area contributed by atoms with Gasteiger partial charge < -0.3 is 62.0 Å². The monoisotopic (exact) mass is 945 g/mol. The van der Waals surface area contributed by atoms with Crippen LogP contribution in [-0.2, 0) is 0 Å². The molecule has 0 spiro atoms. The van der Waals surface area contributed by atoms with Crippen molar-refractivity contribution in [1.29, 1.82) is 0 Å². The summed E-state index contributed by atoms with van der Waals surface area (Å²) >= 11 is 0. The van der Waals surface area contributed by atoms with E-state index in [0.717, 1.165) is 0 Å². The summed E-state index contributed by atoms with van der Waals surface area (Å²) in [5, 5.41) is 0. The van der Waals surface area contributed by atoms with Crippen molar-refractivity contribution in [2.24, 2.45) is 0 Å². The second kappa shape index (κ2) is 34.1. The molecule has 0 aliphatic carbocycles. The molecule has 0 amide bonds. The lowest BCUT2D eigenvalue weighted by atomic mass is 10.1. The highest BCUT2D eigenvalue weighted by molar-refractivity contribution is 5.65. The van der Waals surface area contributed by atoms with E-state index in [1.165, 1.54) is 55.6 Å². The minimum absolute atomic E-state index is 0. The lowest BCUT2D eigenvalue weighted by Gasteiger charge is -1.98. The summed E-state index contributed by atoms with van der Waals surface area (Å²) in [6.45, 7) is 0. The van der Waals surface area contributed by atoms with Crippen molar-refractivity contribution in [3.63, 3.8) is 0 Å². The van der Waals surface area contributed by atoms with Gasteiger partial charge in [-0.05, 0) is 55.6 Å².